The van der Waals surface area contributed by atoms with Crippen LogP contribution in [0.15, 0.2) is 16.9 Å². The smallest absolute Gasteiger partial charge is 0.230 e. The number of ether oxygens (including phenoxy) is 1. The number of hydrogen-bond donors (Lipinski definition) is 2. The molecule has 1 aromatic carbocycles. The fourth-order valence-corrected chi connectivity index (χ4v) is 2.96. The van der Waals surface area contributed by atoms with Crippen LogP contribution in [0.25, 0.3) is 0 Å². The topological polar surface area (TPSA) is 83.8 Å². The molecule has 0 heterocycles. The van der Waals surface area contributed by atoms with Gasteiger partial charge in [0.2, 0.25) is 11.6 Å². The molecule has 24 heavy (non-hydrogen) atoms. The third-order valence-corrected chi connectivity index (χ3v) is 4.12. The Morgan fingerprint density at radius 3 is 2.54 bits per heavy atom. The normalized spacial score (nSPS) is 14.9. The van der Waals surface area contributed by atoms with Gasteiger partial charge in [0.15, 0.2) is 5.76 Å². The third kappa shape index (κ3) is 2.79. The summed E-state index contributed by atoms with van der Waals surface area (Å²) in [6.07, 6.45) is 0.0308. The molecule has 126 valence electrons. The Morgan fingerprint density at radius 1 is 1.33 bits per heavy atom. The number of methoxy groups -OCH3 is 1. The molecule has 0 saturated carbocycles. The van der Waals surface area contributed by atoms with Crippen LogP contribution in [-0.2, 0) is 4.74 Å². The minimum Gasteiger partial charge on any atom is -0.507 e. The zero-order valence-electron chi connectivity index (χ0n) is 13.6. The first-order valence-corrected chi connectivity index (χ1v) is 7.80. The van der Waals surface area contributed by atoms with Gasteiger partial charge in [-0.3, -0.25) is 9.59 Å². The number of Topliss-reactive ketones (excluding diaryl/α,β-unsaturated/α-hetero) is 2. The summed E-state index contributed by atoms with van der Waals surface area (Å²) in [6, 6.07) is 1.39. The van der Waals surface area contributed by atoms with Gasteiger partial charge in [-0.05, 0) is 19.4 Å². The van der Waals surface area contributed by atoms with Crippen molar-refractivity contribution in [3.8, 4) is 17.6 Å². The number of phenolic OH excluding ortho intramolecular Hbond substituents is 1. The molecule has 6 heteroatoms. The SMILES string of the molecule is CC#Cc1cc2c(c(O)c1C(O)CCC)C(=O)C(Cl)=C(OC)C2=O. The van der Waals surface area contributed by atoms with Gasteiger partial charge in [-0.25, -0.2) is 0 Å². The van der Waals surface area contributed by atoms with Crippen molar-refractivity contribution in [2.75, 3.05) is 7.11 Å². The highest BCUT2D eigenvalue weighted by Crippen LogP contribution is 2.40. The van der Waals surface area contributed by atoms with Crippen LogP contribution < -0.4 is 0 Å². The molecule has 0 radical (unpaired) electrons. The summed E-state index contributed by atoms with van der Waals surface area (Å²) in [4.78, 5) is 24.9. The number of hydrogen-bond acceptors (Lipinski definition) is 5. The van der Waals surface area contributed by atoms with Crippen LogP contribution in [0.5, 0.6) is 5.75 Å². The van der Waals surface area contributed by atoms with E-state index >= 15 is 0 Å². The predicted octanol–water partition coefficient (Wildman–Crippen LogP) is 3.07. The van der Waals surface area contributed by atoms with Gasteiger partial charge in [-0.15, -0.1) is 5.92 Å². The number of aromatic hydroxyl groups is 1. The average Bonchev–Trinajstić information content (AvgIpc) is 2.53. The fraction of sp³-hybridized carbons (Fsp3) is 0.333. The van der Waals surface area contributed by atoms with E-state index in [9.17, 15) is 19.8 Å². The fourth-order valence-electron chi connectivity index (χ4n) is 2.70. The molecule has 2 rings (SSSR count). The van der Waals surface area contributed by atoms with Gasteiger partial charge in [0.25, 0.3) is 0 Å². The van der Waals surface area contributed by atoms with E-state index in [4.69, 9.17) is 16.3 Å². The van der Waals surface area contributed by atoms with E-state index < -0.39 is 28.5 Å². The van der Waals surface area contributed by atoms with Gasteiger partial charge in [0, 0.05) is 16.7 Å². The highest BCUT2D eigenvalue weighted by Gasteiger charge is 2.37. The zero-order chi connectivity index (χ0) is 18.0. The van der Waals surface area contributed by atoms with Crippen molar-refractivity contribution in [2.45, 2.75) is 32.8 Å². The van der Waals surface area contributed by atoms with E-state index in [0.717, 1.165) is 0 Å². The minimum atomic E-state index is -1.01. The van der Waals surface area contributed by atoms with Crippen molar-refractivity contribution in [3.63, 3.8) is 0 Å². The summed E-state index contributed by atoms with van der Waals surface area (Å²) in [5, 5.41) is 20.5. The van der Waals surface area contributed by atoms with E-state index in [1.807, 2.05) is 6.92 Å². The standard InChI is InChI=1S/C18H17ClO5/c1-4-6-9-8-10-13(16(22)12(9)11(20)7-5-2)17(23)14(19)18(24-3)15(10)21/h8,11,20,22H,5,7H2,1-3H3. The first-order chi connectivity index (χ1) is 11.4. The first-order valence-electron chi connectivity index (χ1n) is 7.42. The van der Waals surface area contributed by atoms with Gasteiger partial charge >= 0.3 is 0 Å². The van der Waals surface area contributed by atoms with Crippen LogP contribution in [0, 0.1) is 11.8 Å². The van der Waals surface area contributed by atoms with E-state index in [0.29, 0.717) is 18.4 Å². The molecule has 1 unspecified atom stereocenters. The maximum atomic E-state index is 12.5. The highest BCUT2D eigenvalue weighted by atomic mass is 35.5. The molecular weight excluding hydrogens is 332 g/mol. The molecule has 0 bridgehead atoms. The quantitative estimate of drug-likeness (QED) is 0.817. The number of carbonyl (C=O) groups excluding carboxylic acids is 2. The van der Waals surface area contributed by atoms with Crippen molar-refractivity contribution in [1.29, 1.82) is 0 Å². The Morgan fingerprint density at radius 2 is 2.00 bits per heavy atom. The Hall–Kier alpha value is -2.29. The van der Waals surface area contributed by atoms with Crippen molar-refractivity contribution < 1.29 is 24.5 Å². The van der Waals surface area contributed by atoms with Gasteiger partial charge in [-0.1, -0.05) is 30.9 Å². The van der Waals surface area contributed by atoms with E-state index in [-0.39, 0.29) is 22.4 Å². The molecule has 5 nitrogen and oxygen atoms in total. The summed E-state index contributed by atoms with van der Waals surface area (Å²) in [6.45, 7) is 3.47. The molecule has 0 aliphatic heterocycles. The lowest BCUT2D eigenvalue weighted by atomic mass is 9.85. The summed E-state index contributed by atoms with van der Waals surface area (Å²) >= 11 is 5.90. The second-order valence-corrected chi connectivity index (χ2v) is 5.67. The van der Waals surface area contributed by atoms with E-state index in [2.05, 4.69) is 11.8 Å². The van der Waals surface area contributed by atoms with E-state index in [1.165, 1.54) is 13.2 Å². The van der Waals surface area contributed by atoms with Gasteiger partial charge < -0.3 is 14.9 Å². The number of allylic oxidation sites excluding steroid dienone is 2. The third-order valence-electron chi connectivity index (χ3n) is 3.78. The summed E-state index contributed by atoms with van der Waals surface area (Å²) in [5.41, 5.74) is 0.169. The van der Waals surface area contributed by atoms with Gasteiger partial charge in [0.1, 0.15) is 10.8 Å². The lowest BCUT2D eigenvalue weighted by molar-refractivity contribution is 0.0910. The van der Waals surface area contributed by atoms with Gasteiger partial charge in [-0.2, -0.15) is 0 Å². The van der Waals surface area contributed by atoms with Crippen LogP contribution in [-0.4, -0.2) is 28.9 Å². The number of phenols is 1. The lowest BCUT2D eigenvalue weighted by Gasteiger charge is -2.22. The van der Waals surface area contributed by atoms with Crippen molar-refractivity contribution in [1.82, 2.24) is 0 Å². The highest BCUT2D eigenvalue weighted by molar-refractivity contribution is 6.50. The Bertz CT molecular complexity index is 811. The van der Waals surface area contributed by atoms with E-state index in [1.54, 1.807) is 6.92 Å². The number of carbonyl (C=O) groups is 2. The molecule has 1 atom stereocenters. The summed E-state index contributed by atoms with van der Waals surface area (Å²) in [5.74, 6) is 3.38. The number of benzene rings is 1. The Balaban J connectivity index is 2.81. The summed E-state index contributed by atoms with van der Waals surface area (Å²) in [7, 11) is 1.24. The number of aliphatic hydroxyl groups is 1. The number of halogens is 1. The minimum absolute atomic E-state index is 0.0380. The maximum absolute atomic E-state index is 12.5. The lowest BCUT2D eigenvalue weighted by Crippen LogP contribution is -2.22. The molecule has 2 N–H and O–H groups in total. The molecule has 0 saturated heterocycles. The molecule has 1 aliphatic rings. The van der Waals surface area contributed by atoms with Crippen molar-refractivity contribution >= 4 is 23.2 Å². The van der Waals surface area contributed by atoms with Gasteiger partial charge in [0.05, 0.1) is 18.8 Å². The molecule has 0 aromatic heterocycles. The molecule has 0 amide bonds. The predicted molar refractivity (Wildman–Crippen MR) is 89.1 cm³/mol. The maximum Gasteiger partial charge on any atom is 0.230 e. The van der Waals surface area contributed by atoms with Crippen LogP contribution in [0.1, 0.15) is 64.6 Å². The van der Waals surface area contributed by atoms with Crippen molar-refractivity contribution in [3.05, 3.63) is 39.1 Å². The monoisotopic (exact) mass is 348 g/mol. The second kappa shape index (κ2) is 7.08. The Kier molecular flexibility index (Phi) is 5.33. The molecule has 0 fully saturated rings. The van der Waals surface area contributed by atoms with Crippen LogP contribution in [0.4, 0.5) is 0 Å². The number of ketones is 2. The average molecular weight is 349 g/mol. The second-order valence-electron chi connectivity index (χ2n) is 5.29. The molecule has 0 spiro atoms. The summed E-state index contributed by atoms with van der Waals surface area (Å²) < 4.78 is 4.91. The molecule has 1 aromatic rings. The van der Waals surface area contributed by atoms with Crippen molar-refractivity contribution in [2.24, 2.45) is 0 Å². The number of fused-ring (bicyclic) bond motifs is 1. The van der Waals surface area contributed by atoms with Crippen LogP contribution >= 0.6 is 11.6 Å². The Labute approximate surface area is 144 Å². The van der Waals surface area contributed by atoms with Crippen LogP contribution in [0.2, 0.25) is 0 Å². The van der Waals surface area contributed by atoms with Crippen LogP contribution in [0.3, 0.4) is 0 Å². The zero-order valence-corrected chi connectivity index (χ0v) is 14.3. The first kappa shape index (κ1) is 18.1. The number of rotatable bonds is 4. The number of aliphatic hydroxyl groups excluding tert-OH is 1. The largest absolute Gasteiger partial charge is 0.507 e. The molecule has 1 aliphatic carbocycles. The molecular formula is C18H17ClO5.